The minimum Gasteiger partial charge on any atom is -0.464 e. The van der Waals surface area contributed by atoms with Crippen molar-refractivity contribution in [3.8, 4) is 0 Å². The molecule has 1 aromatic rings. The molecule has 0 saturated heterocycles. The second kappa shape index (κ2) is 5.46. The second-order valence-electron chi connectivity index (χ2n) is 3.68. The zero-order valence-corrected chi connectivity index (χ0v) is 9.88. The van der Waals surface area contributed by atoms with E-state index in [0.717, 1.165) is 0 Å². The second-order valence-corrected chi connectivity index (χ2v) is 3.68. The summed E-state index contributed by atoms with van der Waals surface area (Å²) >= 11 is 0. The maximum Gasteiger partial charge on any atom is 0.330 e. The number of hydroxylamine groups is 1. The Morgan fingerprint density at radius 1 is 1.33 bits per heavy atom. The van der Waals surface area contributed by atoms with E-state index in [2.05, 4.69) is 5.48 Å². The van der Waals surface area contributed by atoms with Crippen molar-refractivity contribution in [3.05, 3.63) is 47.7 Å². The molecule has 0 spiro atoms. The van der Waals surface area contributed by atoms with E-state index in [4.69, 9.17) is 9.57 Å². The molecule has 1 unspecified atom stereocenters. The van der Waals surface area contributed by atoms with Gasteiger partial charge in [0, 0.05) is 5.56 Å². The molecular weight excluding hydrogens is 234 g/mol. The summed E-state index contributed by atoms with van der Waals surface area (Å²) in [5, 5.41) is 0. The molecule has 0 fully saturated rings. The first-order valence-electron chi connectivity index (χ1n) is 5.63. The number of rotatable bonds is 4. The van der Waals surface area contributed by atoms with E-state index in [9.17, 15) is 9.59 Å². The molecule has 1 aliphatic rings. The van der Waals surface area contributed by atoms with Crippen LogP contribution in [0.5, 0.6) is 0 Å². The van der Waals surface area contributed by atoms with Gasteiger partial charge in [-0.2, -0.15) is 0 Å². The maximum atomic E-state index is 12.0. The number of carbonyl (C=O) groups excluding carboxylic acids is 2. The number of hydrogen-bond acceptors (Lipinski definition) is 5. The Bertz CT molecular complexity index is 481. The molecule has 1 heterocycles. The van der Waals surface area contributed by atoms with Crippen LogP contribution >= 0.6 is 0 Å². The molecule has 5 nitrogen and oxygen atoms in total. The first-order valence-corrected chi connectivity index (χ1v) is 5.63. The van der Waals surface area contributed by atoms with Gasteiger partial charge in [-0.05, 0) is 13.0 Å². The zero-order valence-electron chi connectivity index (χ0n) is 9.88. The van der Waals surface area contributed by atoms with Crippen LogP contribution in [-0.2, 0) is 14.4 Å². The van der Waals surface area contributed by atoms with Crippen LogP contribution in [0, 0.1) is 0 Å². The van der Waals surface area contributed by atoms with Crippen LogP contribution in [0.25, 0.3) is 0 Å². The molecular formula is C13H13NO4. The third-order valence-corrected chi connectivity index (χ3v) is 2.41. The molecule has 0 aromatic heterocycles. The Kier molecular flexibility index (Phi) is 3.74. The smallest absolute Gasteiger partial charge is 0.330 e. The lowest BCUT2D eigenvalue weighted by Gasteiger charge is -2.05. The summed E-state index contributed by atoms with van der Waals surface area (Å²) in [6, 6.07) is 7.99. The first-order chi connectivity index (χ1) is 8.72. The van der Waals surface area contributed by atoms with Crippen molar-refractivity contribution in [2.45, 2.75) is 13.0 Å². The van der Waals surface area contributed by atoms with Gasteiger partial charge in [-0.1, -0.05) is 30.3 Å². The number of nitrogens with one attached hydrogen (secondary N) is 1. The molecule has 0 saturated carbocycles. The summed E-state index contributed by atoms with van der Waals surface area (Å²) in [5.74, 6) is -0.623. The van der Waals surface area contributed by atoms with Crippen LogP contribution < -0.4 is 5.48 Å². The molecule has 0 bridgehead atoms. The summed E-state index contributed by atoms with van der Waals surface area (Å²) in [6.07, 6.45) is 1.42. The summed E-state index contributed by atoms with van der Waals surface area (Å²) < 4.78 is 4.82. The van der Waals surface area contributed by atoms with Gasteiger partial charge in [0.15, 0.2) is 11.8 Å². The summed E-state index contributed by atoms with van der Waals surface area (Å²) in [5.41, 5.74) is 2.96. The highest BCUT2D eigenvalue weighted by molar-refractivity contribution is 6.08. The Labute approximate surface area is 104 Å². The minimum absolute atomic E-state index is 0.110. The Balaban J connectivity index is 2.09. The minimum atomic E-state index is -0.729. The lowest BCUT2D eigenvalue weighted by Crippen LogP contribution is -2.31. The molecule has 1 aliphatic heterocycles. The van der Waals surface area contributed by atoms with Crippen LogP contribution in [-0.4, -0.2) is 24.4 Å². The lowest BCUT2D eigenvalue weighted by molar-refractivity contribution is -0.146. The third kappa shape index (κ3) is 2.57. The van der Waals surface area contributed by atoms with Gasteiger partial charge in [-0.15, -0.1) is 5.48 Å². The van der Waals surface area contributed by atoms with Crippen LogP contribution in [0.3, 0.4) is 0 Å². The zero-order chi connectivity index (χ0) is 13.0. The SMILES string of the molecule is CCOC(=O)C1C=C(C(=O)c2ccccc2)ON1. The fourth-order valence-corrected chi connectivity index (χ4v) is 1.55. The van der Waals surface area contributed by atoms with Crippen molar-refractivity contribution < 1.29 is 19.2 Å². The summed E-state index contributed by atoms with van der Waals surface area (Å²) in [6.45, 7) is 2.00. The Morgan fingerprint density at radius 3 is 2.72 bits per heavy atom. The van der Waals surface area contributed by atoms with Crippen LogP contribution in [0.2, 0.25) is 0 Å². The van der Waals surface area contributed by atoms with Crippen LogP contribution in [0.15, 0.2) is 42.2 Å². The van der Waals surface area contributed by atoms with Crippen molar-refractivity contribution in [1.29, 1.82) is 0 Å². The van der Waals surface area contributed by atoms with Gasteiger partial charge >= 0.3 is 5.97 Å². The highest BCUT2D eigenvalue weighted by Gasteiger charge is 2.28. The van der Waals surface area contributed by atoms with Gasteiger partial charge in [-0.3, -0.25) is 4.79 Å². The van der Waals surface area contributed by atoms with Gasteiger partial charge in [0.25, 0.3) is 0 Å². The predicted molar refractivity (Wildman–Crippen MR) is 63.5 cm³/mol. The van der Waals surface area contributed by atoms with Crippen molar-refractivity contribution in [1.82, 2.24) is 5.48 Å². The predicted octanol–water partition coefficient (Wildman–Crippen LogP) is 1.22. The molecule has 1 atom stereocenters. The molecule has 0 aliphatic carbocycles. The standard InChI is InChI=1S/C13H13NO4/c1-2-17-13(16)10-8-11(18-14-10)12(15)9-6-4-3-5-7-9/h3-8,10,14H,2H2,1H3. The quantitative estimate of drug-likeness (QED) is 0.640. The fourth-order valence-electron chi connectivity index (χ4n) is 1.55. The van der Waals surface area contributed by atoms with E-state index in [1.807, 2.05) is 6.07 Å². The van der Waals surface area contributed by atoms with Crippen LogP contribution in [0.4, 0.5) is 0 Å². The normalized spacial score (nSPS) is 17.8. The Hall–Kier alpha value is -2.14. The molecule has 5 heteroatoms. The van der Waals surface area contributed by atoms with Gasteiger partial charge in [-0.25, -0.2) is 4.79 Å². The van der Waals surface area contributed by atoms with Crippen molar-refractivity contribution in [3.63, 3.8) is 0 Å². The van der Waals surface area contributed by atoms with E-state index < -0.39 is 12.0 Å². The van der Waals surface area contributed by atoms with E-state index in [-0.39, 0.29) is 18.1 Å². The molecule has 2 rings (SSSR count). The molecule has 0 amide bonds. The van der Waals surface area contributed by atoms with Crippen molar-refractivity contribution in [2.75, 3.05) is 6.61 Å². The number of Topliss-reactive ketones (excluding diaryl/α,β-unsaturated/α-hetero) is 1. The van der Waals surface area contributed by atoms with Gasteiger partial charge in [0.1, 0.15) is 0 Å². The largest absolute Gasteiger partial charge is 0.464 e. The topological polar surface area (TPSA) is 64.6 Å². The average Bonchev–Trinajstić information content (AvgIpc) is 2.89. The number of ketones is 1. The number of carbonyl (C=O) groups is 2. The molecule has 0 radical (unpaired) electrons. The number of allylic oxidation sites excluding steroid dienone is 1. The fraction of sp³-hybridized carbons (Fsp3) is 0.231. The van der Waals surface area contributed by atoms with Crippen molar-refractivity contribution in [2.24, 2.45) is 0 Å². The average molecular weight is 247 g/mol. The molecule has 1 aromatic carbocycles. The van der Waals surface area contributed by atoms with E-state index in [0.29, 0.717) is 5.56 Å². The molecule has 18 heavy (non-hydrogen) atoms. The van der Waals surface area contributed by atoms with E-state index in [1.165, 1.54) is 6.08 Å². The summed E-state index contributed by atoms with van der Waals surface area (Å²) in [4.78, 5) is 28.4. The molecule has 94 valence electrons. The number of hydrogen-bond donors (Lipinski definition) is 1. The summed E-state index contributed by atoms with van der Waals surface area (Å²) in [7, 11) is 0. The highest BCUT2D eigenvalue weighted by Crippen LogP contribution is 2.14. The van der Waals surface area contributed by atoms with Crippen LogP contribution in [0.1, 0.15) is 17.3 Å². The highest BCUT2D eigenvalue weighted by atomic mass is 16.7. The van der Waals surface area contributed by atoms with E-state index >= 15 is 0 Å². The monoisotopic (exact) mass is 247 g/mol. The third-order valence-electron chi connectivity index (χ3n) is 2.41. The Morgan fingerprint density at radius 2 is 2.06 bits per heavy atom. The number of ether oxygens (including phenoxy) is 1. The maximum absolute atomic E-state index is 12.0. The van der Waals surface area contributed by atoms with Gasteiger partial charge < -0.3 is 9.57 Å². The van der Waals surface area contributed by atoms with Gasteiger partial charge in [0.05, 0.1) is 6.61 Å². The molecule has 1 N–H and O–H groups in total. The van der Waals surface area contributed by atoms with E-state index in [1.54, 1.807) is 31.2 Å². The van der Waals surface area contributed by atoms with Gasteiger partial charge in [0.2, 0.25) is 5.78 Å². The lowest BCUT2D eigenvalue weighted by atomic mass is 10.1. The number of benzene rings is 1. The number of esters is 1. The first kappa shape index (κ1) is 12.3. The van der Waals surface area contributed by atoms with Crippen molar-refractivity contribution >= 4 is 11.8 Å².